The molecule has 0 aromatic rings. The first-order chi connectivity index (χ1) is 7.11. The molecular weight excluding hydrogens is 262 g/mol. The van der Waals surface area contributed by atoms with Gasteiger partial charge < -0.3 is 14.8 Å². The number of amides is 1. The highest BCUT2D eigenvalue weighted by molar-refractivity contribution is 9.09. The number of ether oxygens (including phenoxy) is 2. The number of halogens is 1. The van der Waals surface area contributed by atoms with Crippen molar-refractivity contribution in [3.63, 3.8) is 0 Å². The minimum absolute atomic E-state index is 0.0774. The SMILES string of the molecule is COCCOCC(=O)NC(C)C(C)CBr. The number of nitrogens with one attached hydrogen (secondary N) is 1. The summed E-state index contributed by atoms with van der Waals surface area (Å²) in [5, 5.41) is 3.75. The summed E-state index contributed by atoms with van der Waals surface area (Å²) >= 11 is 3.38. The molecule has 2 unspecified atom stereocenters. The summed E-state index contributed by atoms with van der Waals surface area (Å²) in [7, 11) is 1.60. The molecule has 2 atom stereocenters. The first kappa shape index (κ1) is 14.9. The summed E-state index contributed by atoms with van der Waals surface area (Å²) in [4.78, 5) is 11.3. The molecule has 0 aromatic heterocycles. The highest BCUT2D eigenvalue weighted by Crippen LogP contribution is 2.05. The van der Waals surface area contributed by atoms with Gasteiger partial charge >= 0.3 is 0 Å². The zero-order valence-electron chi connectivity index (χ0n) is 9.59. The zero-order chi connectivity index (χ0) is 11.7. The first-order valence-corrected chi connectivity index (χ1v) is 6.16. The van der Waals surface area contributed by atoms with Gasteiger partial charge in [-0.3, -0.25) is 4.79 Å². The van der Waals surface area contributed by atoms with Crippen molar-refractivity contribution in [1.82, 2.24) is 5.32 Å². The van der Waals surface area contributed by atoms with Crippen LogP contribution in [0, 0.1) is 5.92 Å². The maximum absolute atomic E-state index is 11.3. The number of hydrogen-bond acceptors (Lipinski definition) is 3. The van der Waals surface area contributed by atoms with Crippen molar-refractivity contribution in [3.05, 3.63) is 0 Å². The van der Waals surface area contributed by atoms with Gasteiger partial charge in [0.25, 0.3) is 0 Å². The van der Waals surface area contributed by atoms with E-state index in [0.717, 1.165) is 5.33 Å². The molecule has 0 saturated heterocycles. The highest BCUT2D eigenvalue weighted by Gasteiger charge is 2.13. The Hall–Kier alpha value is -0.130. The fraction of sp³-hybridized carbons (Fsp3) is 0.900. The van der Waals surface area contributed by atoms with Crippen LogP contribution < -0.4 is 5.32 Å². The van der Waals surface area contributed by atoms with Crippen molar-refractivity contribution in [2.24, 2.45) is 5.92 Å². The third-order valence-electron chi connectivity index (χ3n) is 2.15. The monoisotopic (exact) mass is 281 g/mol. The van der Waals surface area contributed by atoms with Crippen LogP contribution >= 0.6 is 15.9 Å². The number of carbonyl (C=O) groups is 1. The van der Waals surface area contributed by atoms with Gasteiger partial charge in [-0.05, 0) is 12.8 Å². The van der Waals surface area contributed by atoms with E-state index >= 15 is 0 Å². The van der Waals surface area contributed by atoms with Crippen LogP contribution in [0.4, 0.5) is 0 Å². The second-order valence-electron chi connectivity index (χ2n) is 3.53. The second-order valence-corrected chi connectivity index (χ2v) is 4.18. The molecule has 0 rings (SSSR count). The van der Waals surface area contributed by atoms with Crippen molar-refractivity contribution in [3.8, 4) is 0 Å². The summed E-state index contributed by atoms with van der Waals surface area (Å²) in [6.07, 6.45) is 0. The molecule has 4 nitrogen and oxygen atoms in total. The summed E-state index contributed by atoms with van der Waals surface area (Å²) in [6, 6.07) is 0.155. The Morgan fingerprint density at radius 2 is 2.07 bits per heavy atom. The van der Waals surface area contributed by atoms with Crippen molar-refractivity contribution >= 4 is 21.8 Å². The molecule has 0 aromatic carbocycles. The molecule has 0 aliphatic rings. The third-order valence-corrected chi connectivity index (χ3v) is 3.17. The van der Waals surface area contributed by atoms with Crippen LogP contribution in [-0.2, 0) is 14.3 Å². The van der Waals surface area contributed by atoms with Crippen molar-refractivity contribution < 1.29 is 14.3 Å². The molecule has 0 fully saturated rings. The molecule has 15 heavy (non-hydrogen) atoms. The van der Waals surface area contributed by atoms with Gasteiger partial charge in [-0.2, -0.15) is 0 Å². The minimum Gasteiger partial charge on any atom is -0.382 e. The fourth-order valence-electron chi connectivity index (χ4n) is 0.879. The van der Waals surface area contributed by atoms with E-state index in [2.05, 4.69) is 28.2 Å². The summed E-state index contributed by atoms with van der Waals surface area (Å²) in [5.41, 5.74) is 0. The lowest BCUT2D eigenvalue weighted by Gasteiger charge is -2.19. The van der Waals surface area contributed by atoms with Gasteiger partial charge in [-0.15, -0.1) is 0 Å². The second kappa shape index (κ2) is 9.12. The number of methoxy groups -OCH3 is 1. The Morgan fingerprint density at radius 3 is 2.60 bits per heavy atom. The lowest BCUT2D eigenvalue weighted by atomic mass is 10.1. The first-order valence-electron chi connectivity index (χ1n) is 5.03. The Labute approximate surface area is 99.8 Å². The molecule has 1 amide bonds. The molecule has 0 heterocycles. The van der Waals surface area contributed by atoms with E-state index < -0.39 is 0 Å². The maximum atomic E-state index is 11.3. The lowest BCUT2D eigenvalue weighted by Crippen LogP contribution is -2.39. The van der Waals surface area contributed by atoms with Crippen LogP contribution in [-0.4, -0.2) is 44.2 Å². The molecule has 90 valence electrons. The van der Waals surface area contributed by atoms with Gasteiger partial charge in [0.05, 0.1) is 13.2 Å². The zero-order valence-corrected chi connectivity index (χ0v) is 11.2. The van der Waals surface area contributed by atoms with Gasteiger partial charge in [-0.1, -0.05) is 22.9 Å². The van der Waals surface area contributed by atoms with E-state index in [1.54, 1.807) is 7.11 Å². The topological polar surface area (TPSA) is 47.6 Å². The number of alkyl halides is 1. The van der Waals surface area contributed by atoms with Crippen LogP contribution in [0.5, 0.6) is 0 Å². The molecule has 0 saturated carbocycles. The predicted octanol–water partition coefficient (Wildman–Crippen LogP) is 1.19. The van der Waals surface area contributed by atoms with Crippen molar-refractivity contribution in [2.45, 2.75) is 19.9 Å². The van der Waals surface area contributed by atoms with Gasteiger partial charge in [0.1, 0.15) is 6.61 Å². The molecule has 0 aliphatic heterocycles. The van der Waals surface area contributed by atoms with Gasteiger partial charge in [-0.25, -0.2) is 0 Å². The van der Waals surface area contributed by atoms with Crippen LogP contribution in [0.25, 0.3) is 0 Å². The van der Waals surface area contributed by atoms with Crippen LogP contribution in [0.3, 0.4) is 0 Å². The van der Waals surface area contributed by atoms with E-state index in [1.807, 2.05) is 6.92 Å². The van der Waals surface area contributed by atoms with E-state index in [4.69, 9.17) is 9.47 Å². The predicted molar refractivity (Wildman–Crippen MR) is 63.3 cm³/mol. The van der Waals surface area contributed by atoms with E-state index in [9.17, 15) is 4.79 Å². The van der Waals surface area contributed by atoms with E-state index in [1.165, 1.54) is 0 Å². The average Bonchev–Trinajstić information content (AvgIpc) is 2.23. The van der Waals surface area contributed by atoms with Gasteiger partial charge in [0, 0.05) is 18.5 Å². The Kier molecular flexibility index (Phi) is 9.04. The number of rotatable bonds is 8. The van der Waals surface area contributed by atoms with Crippen LogP contribution in [0.15, 0.2) is 0 Å². The summed E-state index contributed by atoms with van der Waals surface area (Å²) in [5.74, 6) is 0.333. The largest absolute Gasteiger partial charge is 0.382 e. The standard InChI is InChI=1S/C10H20BrNO3/c1-8(6-11)9(2)12-10(13)7-15-5-4-14-3/h8-9H,4-7H2,1-3H3,(H,12,13). The quantitative estimate of drug-likeness (QED) is 0.537. The Bertz CT molecular complexity index is 178. The van der Waals surface area contributed by atoms with E-state index in [-0.39, 0.29) is 18.6 Å². The van der Waals surface area contributed by atoms with Crippen LogP contribution in [0.2, 0.25) is 0 Å². The number of hydrogen-bond donors (Lipinski definition) is 1. The third kappa shape index (κ3) is 7.76. The number of carbonyl (C=O) groups excluding carboxylic acids is 1. The molecule has 0 radical (unpaired) electrons. The van der Waals surface area contributed by atoms with Crippen molar-refractivity contribution in [2.75, 3.05) is 32.3 Å². The molecule has 0 aliphatic carbocycles. The van der Waals surface area contributed by atoms with Crippen molar-refractivity contribution in [1.29, 1.82) is 0 Å². The summed E-state index contributed by atoms with van der Waals surface area (Å²) in [6.45, 7) is 5.13. The summed E-state index contributed by atoms with van der Waals surface area (Å²) < 4.78 is 9.90. The molecular formula is C10H20BrNO3. The normalized spacial score (nSPS) is 14.7. The molecule has 5 heteroatoms. The molecule has 0 spiro atoms. The Balaban J connectivity index is 3.55. The maximum Gasteiger partial charge on any atom is 0.246 e. The molecule has 1 N–H and O–H groups in total. The fourth-order valence-corrected chi connectivity index (χ4v) is 1.44. The van der Waals surface area contributed by atoms with E-state index in [0.29, 0.717) is 19.1 Å². The molecule has 0 bridgehead atoms. The Morgan fingerprint density at radius 1 is 1.40 bits per heavy atom. The van der Waals surface area contributed by atoms with Gasteiger partial charge in [0.2, 0.25) is 5.91 Å². The van der Waals surface area contributed by atoms with Crippen LogP contribution in [0.1, 0.15) is 13.8 Å². The highest BCUT2D eigenvalue weighted by atomic mass is 79.9. The smallest absolute Gasteiger partial charge is 0.246 e. The van der Waals surface area contributed by atoms with Gasteiger partial charge in [0.15, 0.2) is 0 Å². The lowest BCUT2D eigenvalue weighted by molar-refractivity contribution is -0.127. The minimum atomic E-state index is -0.0774. The average molecular weight is 282 g/mol.